The maximum Gasteiger partial charge on any atom is 0.276 e. The van der Waals surface area contributed by atoms with Crippen molar-refractivity contribution in [2.45, 2.75) is 6.54 Å². The average Bonchev–Trinajstić information content (AvgIpc) is 3.01. The minimum atomic E-state index is -0.573. The highest BCUT2D eigenvalue weighted by molar-refractivity contribution is 7.09. The van der Waals surface area contributed by atoms with Gasteiger partial charge in [0.2, 0.25) is 5.43 Å². The third-order valence-corrected chi connectivity index (χ3v) is 4.11. The summed E-state index contributed by atoms with van der Waals surface area (Å²) in [5.41, 5.74) is -0.338. The molecule has 22 heavy (non-hydrogen) atoms. The van der Waals surface area contributed by atoms with Gasteiger partial charge < -0.3 is 5.32 Å². The second-order valence-electron chi connectivity index (χ2n) is 4.72. The van der Waals surface area contributed by atoms with Crippen molar-refractivity contribution in [2.75, 3.05) is 0 Å². The fourth-order valence-corrected chi connectivity index (χ4v) is 2.81. The van der Waals surface area contributed by atoms with E-state index >= 15 is 0 Å². The van der Waals surface area contributed by atoms with Gasteiger partial charge in [-0.25, -0.2) is 4.39 Å². The second-order valence-corrected chi connectivity index (χ2v) is 5.76. The van der Waals surface area contributed by atoms with Crippen LogP contribution in [0.5, 0.6) is 0 Å². The summed E-state index contributed by atoms with van der Waals surface area (Å²) in [6.07, 6.45) is 0. The molecule has 0 atom stereocenters. The summed E-state index contributed by atoms with van der Waals surface area (Å²) in [6.45, 7) is 0.322. The van der Waals surface area contributed by atoms with Gasteiger partial charge in [-0.3, -0.25) is 14.3 Å². The molecule has 2 aromatic heterocycles. The molecule has 112 valence electrons. The molecule has 1 amide bonds. The summed E-state index contributed by atoms with van der Waals surface area (Å²) in [6, 6.07) is 7.59. The number of carbonyl (C=O) groups excluding carboxylic acids is 1. The van der Waals surface area contributed by atoms with Crippen molar-refractivity contribution in [1.82, 2.24) is 15.1 Å². The number of benzene rings is 1. The Kier molecular flexibility index (Phi) is 3.72. The van der Waals surface area contributed by atoms with E-state index in [0.717, 1.165) is 10.9 Å². The van der Waals surface area contributed by atoms with Gasteiger partial charge in [0.25, 0.3) is 5.91 Å². The number of hydrogen-bond donors (Lipinski definition) is 1. The lowest BCUT2D eigenvalue weighted by Gasteiger charge is -2.08. The van der Waals surface area contributed by atoms with Crippen molar-refractivity contribution in [3.05, 3.63) is 62.3 Å². The van der Waals surface area contributed by atoms with Crippen LogP contribution in [0.4, 0.5) is 4.39 Å². The third kappa shape index (κ3) is 2.62. The fourth-order valence-electron chi connectivity index (χ4n) is 2.16. The van der Waals surface area contributed by atoms with Crippen LogP contribution < -0.4 is 10.7 Å². The van der Waals surface area contributed by atoms with Gasteiger partial charge in [-0.1, -0.05) is 6.07 Å². The standard InChI is InChI=1S/C15H12FN3O2S/c1-19-12-5-4-9(16)7-11(12)14(20)13(18-19)15(21)17-8-10-3-2-6-22-10/h2-7H,8H2,1H3,(H,17,21). The fraction of sp³-hybridized carbons (Fsp3) is 0.133. The normalized spacial score (nSPS) is 10.8. The number of hydrogen-bond acceptors (Lipinski definition) is 4. The van der Waals surface area contributed by atoms with E-state index < -0.39 is 17.2 Å². The van der Waals surface area contributed by atoms with E-state index in [1.54, 1.807) is 7.05 Å². The molecular formula is C15H12FN3O2S. The van der Waals surface area contributed by atoms with Crippen LogP contribution in [0, 0.1) is 5.82 Å². The second kappa shape index (κ2) is 5.69. The minimum Gasteiger partial charge on any atom is -0.346 e. The van der Waals surface area contributed by atoms with Crippen molar-refractivity contribution < 1.29 is 9.18 Å². The SMILES string of the molecule is Cn1nc(C(=O)NCc2cccs2)c(=O)c2cc(F)ccc21. The van der Waals surface area contributed by atoms with Crippen LogP contribution in [0.15, 0.2) is 40.5 Å². The molecule has 0 spiro atoms. The molecule has 0 saturated carbocycles. The quantitative estimate of drug-likeness (QED) is 0.804. The lowest BCUT2D eigenvalue weighted by molar-refractivity contribution is 0.0943. The summed E-state index contributed by atoms with van der Waals surface area (Å²) in [7, 11) is 1.61. The van der Waals surface area contributed by atoms with Crippen LogP contribution in [0.25, 0.3) is 10.9 Å². The predicted octanol–water partition coefficient (Wildman–Crippen LogP) is 2.06. The molecule has 1 aromatic carbocycles. The van der Waals surface area contributed by atoms with Crippen molar-refractivity contribution >= 4 is 28.1 Å². The van der Waals surface area contributed by atoms with Crippen molar-refractivity contribution in [2.24, 2.45) is 7.05 Å². The molecule has 0 aliphatic heterocycles. The smallest absolute Gasteiger partial charge is 0.276 e. The first-order valence-corrected chi connectivity index (χ1v) is 7.41. The van der Waals surface area contributed by atoms with Crippen molar-refractivity contribution in [3.8, 4) is 0 Å². The van der Waals surface area contributed by atoms with E-state index in [1.165, 1.54) is 28.2 Å². The molecule has 0 unspecified atom stereocenters. The average molecular weight is 317 g/mol. The Morgan fingerprint density at radius 2 is 2.23 bits per heavy atom. The minimum absolute atomic E-state index is 0.138. The topological polar surface area (TPSA) is 64.0 Å². The van der Waals surface area contributed by atoms with E-state index in [1.807, 2.05) is 17.5 Å². The largest absolute Gasteiger partial charge is 0.346 e. The Hall–Kier alpha value is -2.54. The zero-order valence-electron chi connectivity index (χ0n) is 11.7. The number of rotatable bonds is 3. The molecule has 2 heterocycles. The summed E-state index contributed by atoms with van der Waals surface area (Å²) >= 11 is 1.50. The lowest BCUT2D eigenvalue weighted by Crippen LogP contribution is -2.31. The van der Waals surface area contributed by atoms with Crippen LogP contribution >= 0.6 is 11.3 Å². The van der Waals surface area contributed by atoms with Crippen molar-refractivity contribution in [3.63, 3.8) is 0 Å². The van der Waals surface area contributed by atoms with E-state index in [4.69, 9.17) is 0 Å². The number of fused-ring (bicyclic) bond motifs is 1. The Labute approximate surface area is 129 Å². The molecule has 3 rings (SSSR count). The number of nitrogens with zero attached hydrogens (tertiary/aromatic N) is 2. The molecule has 3 aromatic rings. The Bertz CT molecular complexity index is 903. The summed E-state index contributed by atoms with van der Waals surface area (Å²) in [5.74, 6) is -1.10. The van der Waals surface area contributed by atoms with Crippen LogP contribution in [0.1, 0.15) is 15.4 Å². The van der Waals surface area contributed by atoms with Gasteiger partial charge in [-0.05, 0) is 29.6 Å². The summed E-state index contributed by atoms with van der Waals surface area (Å²) in [4.78, 5) is 25.5. The van der Waals surface area contributed by atoms with Gasteiger partial charge in [0.1, 0.15) is 5.82 Å². The number of aryl methyl sites for hydroxylation is 1. The monoisotopic (exact) mass is 317 g/mol. The maximum atomic E-state index is 13.3. The molecule has 7 heteroatoms. The molecule has 5 nitrogen and oxygen atoms in total. The third-order valence-electron chi connectivity index (χ3n) is 3.24. The van der Waals surface area contributed by atoms with Gasteiger partial charge in [0.15, 0.2) is 5.69 Å². The zero-order valence-corrected chi connectivity index (χ0v) is 12.5. The highest BCUT2D eigenvalue weighted by Crippen LogP contribution is 2.11. The molecule has 0 bridgehead atoms. The highest BCUT2D eigenvalue weighted by Gasteiger charge is 2.16. The van der Waals surface area contributed by atoms with Gasteiger partial charge >= 0.3 is 0 Å². The van der Waals surface area contributed by atoms with Crippen molar-refractivity contribution in [1.29, 1.82) is 0 Å². The number of amides is 1. The van der Waals surface area contributed by atoms with Gasteiger partial charge in [0, 0.05) is 11.9 Å². The van der Waals surface area contributed by atoms with E-state index in [9.17, 15) is 14.0 Å². The molecule has 0 aliphatic carbocycles. The number of halogens is 1. The predicted molar refractivity (Wildman–Crippen MR) is 82.4 cm³/mol. The Balaban J connectivity index is 1.98. The van der Waals surface area contributed by atoms with Crippen LogP contribution in [0.3, 0.4) is 0 Å². The molecule has 0 radical (unpaired) electrons. The van der Waals surface area contributed by atoms with Crippen LogP contribution in [-0.2, 0) is 13.6 Å². The van der Waals surface area contributed by atoms with Gasteiger partial charge in [0.05, 0.1) is 17.4 Å². The lowest BCUT2D eigenvalue weighted by atomic mass is 10.2. The summed E-state index contributed by atoms with van der Waals surface area (Å²) in [5, 5.41) is 8.69. The molecular weight excluding hydrogens is 305 g/mol. The summed E-state index contributed by atoms with van der Waals surface area (Å²) < 4.78 is 14.7. The molecule has 1 N–H and O–H groups in total. The molecule has 0 saturated heterocycles. The Morgan fingerprint density at radius 1 is 1.41 bits per heavy atom. The first kappa shape index (κ1) is 14.4. The Morgan fingerprint density at radius 3 is 2.95 bits per heavy atom. The highest BCUT2D eigenvalue weighted by atomic mass is 32.1. The molecule has 0 fully saturated rings. The van der Waals surface area contributed by atoms with Gasteiger partial charge in [-0.2, -0.15) is 5.10 Å². The maximum absolute atomic E-state index is 13.3. The number of aromatic nitrogens is 2. The van der Waals surface area contributed by atoms with Crippen LogP contribution in [0.2, 0.25) is 0 Å². The number of thiophene rings is 1. The molecule has 0 aliphatic rings. The van der Waals surface area contributed by atoms with Crippen LogP contribution in [-0.4, -0.2) is 15.7 Å². The number of nitrogens with one attached hydrogen (secondary N) is 1. The van der Waals surface area contributed by atoms with E-state index in [-0.39, 0.29) is 11.1 Å². The first-order valence-electron chi connectivity index (χ1n) is 6.53. The van der Waals surface area contributed by atoms with Gasteiger partial charge in [-0.15, -0.1) is 11.3 Å². The first-order chi connectivity index (χ1) is 10.6. The number of carbonyl (C=O) groups is 1. The zero-order chi connectivity index (χ0) is 15.7. The van der Waals surface area contributed by atoms with E-state index in [2.05, 4.69) is 10.4 Å². The van der Waals surface area contributed by atoms with E-state index in [0.29, 0.717) is 12.1 Å².